The van der Waals surface area contributed by atoms with Gasteiger partial charge in [-0.15, -0.1) is 0 Å². The average molecular weight is 265 g/mol. The Kier molecular flexibility index (Phi) is 4.42. The lowest BCUT2D eigenvalue weighted by atomic mass is 10.1. The zero-order chi connectivity index (χ0) is 12.1. The molecule has 1 aromatic carbocycles. The predicted octanol–water partition coefficient (Wildman–Crippen LogP) is 3.39. The first kappa shape index (κ1) is 12.4. The van der Waals surface area contributed by atoms with Crippen molar-refractivity contribution in [1.82, 2.24) is 4.98 Å². The monoisotopic (exact) mass is 264 g/mol. The third kappa shape index (κ3) is 3.46. The van der Waals surface area contributed by atoms with Crippen LogP contribution in [0.15, 0.2) is 52.5 Å². The topological polar surface area (TPSA) is 38.9 Å². The molecule has 0 amide bonds. The first-order valence-electron chi connectivity index (χ1n) is 5.37. The largest absolute Gasteiger partial charge is 0.330 e. The van der Waals surface area contributed by atoms with E-state index in [1.165, 1.54) is 5.56 Å². The Hall–Kier alpha value is -1.03. The molecule has 17 heavy (non-hydrogen) atoms. The molecule has 0 saturated carbocycles. The Balaban J connectivity index is 2.27. The second kappa shape index (κ2) is 6.05. The van der Waals surface area contributed by atoms with Crippen molar-refractivity contribution in [1.29, 1.82) is 0 Å². The summed E-state index contributed by atoms with van der Waals surface area (Å²) in [5, 5.41) is 1.71. The Morgan fingerprint density at radius 1 is 1.24 bits per heavy atom. The van der Waals surface area contributed by atoms with E-state index in [1.54, 1.807) is 18.0 Å². The van der Waals surface area contributed by atoms with Crippen LogP contribution in [0.5, 0.6) is 0 Å². The average Bonchev–Trinajstić information content (AvgIpc) is 2.34. The SMILES string of the molecule is NCCc1ccc(Cl)cc1Sc1ccccn1. The van der Waals surface area contributed by atoms with E-state index in [2.05, 4.69) is 4.98 Å². The molecule has 0 aliphatic heterocycles. The van der Waals surface area contributed by atoms with Gasteiger partial charge in [-0.3, -0.25) is 0 Å². The summed E-state index contributed by atoms with van der Waals surface area (Å²) in [6.45, 7) is 0.636. The normalized spacial score (nSPS) is 10.5. The van der Waals surface area contributed by atoms with Crippen LogP contribution < -0.4 is 5.73 Å². The first-order chi connectivity index (χ1) is 8.29. The molecule has 2 rings (SSSR count). The maximum atomic E-state index is 6.02. The van der Waals surface area contributed by atoms with E-state index in [0.29, 0.717) is 6.54 Å². The van der Waals surface area contributed by atoms with Gasteiger partial charge in [0.25, 0.3) is 0 Å². The fraction of sp³-hybridized carbons (Fsp3) is 0.154. The molecule has 1 aromatic heterocycles. The van der Waals surface area contributed by atoms with E-state index in [9.17, 15) is 0 Å². The van der Waals surface area contributed by atoms with Crippen LogP contribution in [0.1, 0.15) is 5.56 Å². The maximum Gasteiger partial charge on any atom is 0.101 e. The molecule has 2 aromatic rings. The Morgan fingerprint density at radius 2 is 2.12 bits per heavy atom. The number of pyridine rings is 1. The molecular formula is C13H13ClN2S. The van der Waals surface area contributed by atoms with Crippen LogP contribution in [0, 0.1) is 0 Å². The van der Waals surface area contributed by atoms with Crippen LogP contribution in [-0.2, 0) is 6.42 Å². The molecule has 0 atom stereocenters. The Labute approximate surface area is 110 Å². The molecule has 2 nitrogen and oxygen atoms in total. The molecule has 0 bridgehead atoms. The third-order valence-corrected chi connectivity index (χ3v) is 3.58. The van der Waals surface area contributed by atoms with E-state index in [1.807, 2.05) is 36.4 Å². The summed E-state index contributed by atoms with van der Waals surface area (Å²) in [5.41, 5.74) is 6.82. The van der Waals surface area contributed by atoms with Crippen molar-refractivity contribution in [2.45, 2.75) is 16.3 Å². The summed E-state index contributed by atoms with van der Waals surface area (Å²) in [6, 6.07) is 11.8. The number of nitrogens with two attached hydrogens (primary N) is 1. The summed E-state index contributed by atoms with van der Waals surface area (Å²) in [6.07, 6.45) is 2.64. The van der Waals surface area contributed by atoms with Crippen LogP contribution in [0.25, 0.3) is 0 Å². The first-order valence-corrected chi connectivity index (χ1v) is 6.56. The zero-order valence-electron chi connectivity index (χ0n) is 9.27. The summed E-state index contributed by atoms with van der Waals surface area (Å²) < 4.78 is 0. The van der Waals surface area contributed by atoms with Crippen LogP contribution >= 0.6 is 23.4 Å². The highest BCUT2D eigenvalue weighted by Gasteiger charge is 2.05. The molecule has 0 fully saturated rings. The highest BCUT2D eigenvalue weighted by molar-refractivity contribution is 7.99. The summed E-state index contributed by atoms with van der Waals surface area (Å²) >= 11 is 7.64. The number of halogens is 1. The lowest BCUT2D eigenvalue weighted by Gasteiger charge is -2.08. The van der Waals surface area contributed by atoms with E-state index < -0.39 is 0 Å². The van der Waals surface area contributed by atoms with Gasteiger partial charge in [0.2, 0.25) is 0 Å². The van der Waals surface area contributed by atoms with Gasteiger partial charge in [0.1, 0.15) is 5.03 Å². The van der Waals surface area contributed by atoms with Crippen LogP contribution in [0.4, 0.5) is 0 Å². The molecular weight excluding hydrogens is 252 g/mol. The van der Waals surface area contributed by atoms with Crippen molar-refractivity contribution in [3.63, 3.8) is 0 Å². The van der Waals surface area contributed by atoms with Crippen molar-refractivity contribution in [3.05, 3.63) is 53.2 Å². The fourth-order valence-electron chi connectivity index (χ4n) is 1.51. The molecule has 0 saturated heterocycles. The maximum absolute atomic E-state index is 6.02. The van der Waals surface area contributed by atoms with Crippen molar-refractivity contribution in [2.24, 2.45) is 5.73 Å². The lowest BCUT2D eigenvalue weighted by Crippen LogP contribution is -2.03. The van der Waals surface area contributed by atoms with Crippen LogP contribution in [0.3, 0.4) is 0 Å². The quantitative estimate of drug-likeness (QED) is 0.920. The summed E-state index contributed by atoms with van der Waals surface area (Å²) in [7, 11) is 0. The van der Waals surface area contributed by atoms with Gasteiger partial charge in [-0.05, 0) is 42.8 Å². The van der Waals surface area contributed by atoms with E-state index in [0.717, 1.165) is 21.4 Å². The lowest BCUT2D eigenvalue weighted by molar-refractivity contribution is 0.943. The number of hydrogen-bond acceptors (Lipinski definition) is 3. The van der Waals surface area contributed by atoms with Gasteiger partial charge in [-0.1, -0.05) is 35.5 Å². The minimum absolute atomic E-state index is 0.636. The molecule has 2 N–H and O–H groups in total. The molecule has 0 spiro atoms. The van der Waals surface area contributed by atoms with E-state index >= 15 is 0 Å². The predicted molar refractivity (Wildman–Crippen MR) is 72.6 cm³/mol. The highest BCUT2D eigenvalue weighted by atomic mass is 35.5. The molecule has 4 heteroatoms. The van der Waals surface area contributed by atoms with Gasteiger partial charge in [-0.25, -0.2) is 4.98 Å². The number of benzene rings is 1. The van der Waals surface area contributed by atoms with Crippen molar-refractivity contribution >= 4 is 23.4 Å². The van der Waals surface area contributed by atoms with Crippen LogP contribution in [0.2, 0.25) is 5.02 Å². The molecule has 0 aliphatic carbocycles. The van der Waals surface area contributed by atoms with Gasteiger partial charge in [0.05, 0.1) is 0 Å². The number of nitrogens with zero attached hydrogens (tertiary/aromatic N) is 1. The molecule has 1 heterocycles. The highest BCUT2D eigenvalue weighted by Crippen LogP contribution is 2.31. The number of rotatable bonds is 4. The zero-order valence-corrected chi connectivity index (χ0v) is 10.8. The minimum Gasteiger partial charge on any atom is -0.330 e. The van der Waals surface area contributed by atoms with E-state index in [-0.39, 0.29) is 0 Å². The number of hydrogen-bond donors (Lipinski definition) is 1. The second-order valence-electron chi connectivity index (χ2n) is 3.56. The van der Waals surface area contributed by atoms with Crippen molar-refractivity contribution < 1.29 is 0 Å². The summed E-state index contributed by atoms with van der Waals surface area (Å²) in [4.78, 5) is 5.42. The summed E-state index contributed by atoms with van der Waals surface area (Å²) in [5.74, 6) is 0. The fourth-order valence-corrected chi connectivity index (χ4v) is 2.71. The minimum atomic E-state index is 0.636. The molecule has 0 radical (unpaired) electrons. The Morgan fingerprint density at radius 3 is 2.82 bits per heavy atom. The van der Waals surface area contributed by atoms with E-state index in [4.69, 9.17) is 17.3 Å². The smallest absolute Gasteiger partial charge is 0.101 e. The number of aromatic nitrogens is 1. The van der Waals surface area contributed by atoms with Crippen LogP contribution in [-0.4, -0.2) is 11.5 Å². The third-order valence-electron chi connectivity index (χ3n) is 2.30. The van der Waals surface area contributed by atoms with Gasteiger partial charge in [-0.2, -0.15) is 0 Å². The van der Waals surface area contributed by atoms with Gasteiger partial charge >= 0.3 is 0 Å². The van der Waals surface area contributed by atoms with Gasteiger partial charge < -0.3 is 5.73 Å². The standard InChI is InChI=1S/C13H13ClN2S/c14-11-5-4-10(6-7-15)12(9-11)17-13-3-1-2-8-16-13/h1-5,8-9H,6-7,15H2. The van der Waals surface area contributed by atoms with Gasteiger partial charge in [0.15, 0.2) is 0 Å². The Bertz CT molecular complexity index is 488. The van der Waals surface area contributed by atoms with Crippen molar-refractivity contribution in [2.75, 3.05) is 6.54 Å². The molecule has 0 unspecified atom stereocenters. The molecule has 0 aliphatic rings. The van der Waals surface area contributed by atoms with Gasteiger partial charge in [0, 0.05) is 16.1 Å². The molecule has 88 valence electrons. The van der Waals surface area contributed by atoms with Crippen molar-refractivity contribution in [3.8, 4) is 0 Å². The second-order valence-corrected chi connectivity index (χ2v) is 5.06.